The summed E-state index contributed by atoms with van der Waals surface area (Å²) < 4.78 is 5.89. The standard InChI is InChI=1S/C18H28O2/c1-6-12(3)18(19)20-16-10-11(2)9-15-8-7-13(4)14(5)17(15)16/h7-9,11-14,16-17H,6,10H2,1-5H3/t11-,12+,13-,14?,16+,17?/m1/s1. The van der Waals surface area contributed by atoms with Gasteiger partial charge in [-0.1, -0.05) is 52.8 Å². The summed E-state index contributed by atoms with van der Waals surface area (Å²) in [7, 11) is 0. The van der Waals surface area contributed by atoms with E-state index in [-0.39, 0.29) is 18.0 Å². The van der Waals surface area contributed by atoms with Crippen LogP contribution in [0.5, 0.6) is 0 Å². The molecule has 0 heterocycles. The number of hydrogen-bond acceptors (Lipinski definition) is 2. The molecule has 2 aliphatic carbocycles. The highest BCUT2D eigenvalue weighted by atomic mass is 16.5. The summed E-state index contributed by atoms with van der Waals surface area (Å²) >= 11 is 0. The fraction of sp³-hybridized carbons (Fsp3) is 0.722. The van der Waals surface area contributed by atoms with E-state index in [1.165, 1.54) is 5.57 Å². The first-order valence-electron chi connectivity index (χ1n) is 8.04. The molecule has 0 radical (unpaired) electrons. The van der Waals surface area contributed by atoms with Gasteiger partial charge >= 0.3 is 5.97 Å². The summed E-state index contributed by atoms with van der Waals surface area (Å²) in [5.74, 6) is 1.93. The Bertz CT molecular complexity index is 421. The summed E-state index contributed by atoms with van der Waals surface area (Å²) in [6.45, 7) is 10.7. The van der Waals surface area contributed by atoms with E-state index in [1.807, 2.05) is 13.8 Å². The van der Waals surface area contributed by atoms with Gasteiger partial charge in [0.1, 0.15) is 6.10 Å². The second kappa shape index (κ2) is 6.15. The molecule has 2 rings (SSSR count). The summed E-state index contributed by atoms with van der Waals surface area (Å²) in [5, 5.41) is 0. The van der Waals surface area contributed by atoms with Gasteiger partial charge in [-0.05, 0) is 36.2 Å². The van der Waals surface area contributed by atoms with E-state index in [2.05, 4.69) is 39.0 Å². The molecule has 6 atom stereocenters. The van der Waals surface area contributed by atoms with E-state index < -0.39 is 0 Å². The lowest BCUT2D eigenvalue weighted by atomic mass is 9.67. The quantitative estimate of drug-likeness (QED) is 0.716. The minimum Gasteiger partial charge on any atom is -0.461 e. The Labute approximate surface area is 123 Å². The molecule has 2 aliphatic rings. The average molecular weight is 276 g/mol. The van der Waals surface area contributed by atoms with Crippen molar-refractivity contribution in [2.75, 3.05) is 0 Å². The summed E-state index contributed by atoms with van der Waals surface area (Å²) in [6.07, 6.45) is 8.75. The van der Waals surface area contributed by atoms with Crippen LogP contribution in [0.1, 0.15) is 47.5 Å². The van der Waals surface area contributed by atoms with Gasteiger partial charge in [0.05, 0.1) is 5.92 Å². The van der Waals surface area contributed by atoms with Crippen LogP contribution in [-0.4, -0.2) is 12.1 Å². The van der Waals surface area contributed by atoms with Crippen molar-refractivity contribution in [1.29, 1.82) is 0 Å². The van der Waals surface area contributed by atoms with Crippen molar-refractivity contribution in [2.24, 2.45) is 29.6 Å². The van der Waals surface area contributed by atoms with E-state index in [4.69, 9.17) is 4.74 Å². The Morgan fingerprint density at radius 1 is 1.40 bits per heavy atom. The number of carbonyl (C=O) groups excluding carboxylic acids is 1. The third-order valence-electron chi connectivity index (χ3n) is 5.14. The second-order valence-corrected chi connectivity index (χ2v) is 6.77. The number of fused-ring (bicyclic) bond motifs is 1. The van der Waals surface area contributed by atoms with E-state index in [0.717, 1.165) is 12.8 Å². The van der Waals surface area contributed by atoms with Crippen molar-refractivity contribution in [3.63, 3.8) is 0 Å². The van der Waals surface area contributed by atoms with E-state index in [0.29, 0.717) is 23.7 Å². The summed E-state index contributed by atoms with van der Waals surface area (Å²) in [5.41, 5.74) is 1.37. The molecule has 0 spiro atoms. The Morgan fingerprint density at radius 2 is 2.10 bits per heavy atom. The van der Waals surface area contributed by atoms with Crippen molar-refractivity contribution in [2.45, 2.75) is 53.6 Å². The predicted molar refractivity (Wildman–Crippen MR) is 82.2 cm³/mol. The molecular weight excluding hydrogens is 248 g/mol. The predicted octanol–water partition coefficient (Wildman–Crippen LogP) is 4.37. The van der Waals surface area contributed by atoms with Crippen LogP contribution in [0.2, 0.25) is 0 Å². The molecule has 0 N–H and O–H groups in total. The molecule has 0 fully saturated rings. The maximum absolute atomic E-state index is 12.2. The number of rotatable bonds is 3. The van der Waals surface area contributed by atoms with Gasteiger partial charge in [0, 0.05) is 5.92 Å². The van der Waals surface area contributed by atoms with Crippen molar-refractivity contribution in [3.8, 4) is 0 Å². The molecule has 0 saturated carbocycles. The number of allylic oxidation sites excluding steroid dienone is 3. The molecule has 0 aromatic heterocycles. The van der Waals surface area contributed by atoms with Crippen LogP contribution < -0.4 is 0 Å². The molecule has 20 heavy (non-hydrogen) atoms. The number of ether oxygens (including phenoxy) is 1. The molecule has 0 saturated heterocycles. The molecular formula is C18H28O2. The first-order chi connectivity index (χ1) is 9.43. The van der Waals surface area contributed by atoms with Gasteiger partial charge in [-0.2, -0.15) is 0 Å². The third-order valence-corrected chi connectivity index (χ3v) is 5.14. The number of hydrogen-bond donors (Lipinski definition) is 0. The monoisotopic (exact) mass is 276 g/mol. The topological polar surface area (TPSA) is 26.3 Å². The highest BCUT2D eigenvalue weighted by molar-refractivity contribution is 5.72. The highest BCUT2D eigenvalue weighted by Crippen LogP contribution is 2.42. The third kappa shape index (κ3) is 2.99. The smallest absolute Gasteiger partial charge is 0.308 e. The fourth-order valence-electron chi connectivity index (χ4n) is 3.36. The molecule has 2 heteroatoms. The molecule has 2 unspecified atom stereocenters. The van der Waals surface area contributed by atoms with Crippen LogP contribution in [0.4, 0.5) is 0 Å². The lowest BCUT2D eigenvalue weighted by molar-refractivity contribution is -0.158. The highest BCUT2D eigenvalue weighted by Gasteiger charge is 2.39. The summed E-state index contributed by atoms with van der Waals surface area (Å²) in [6, 6.07) is 0. The van der Waals surface area contributed by atoms with Gasteiger partial charge in [-0.25, -0.2) is 0 Å². The van der Waals surface area contributed by atoms with Gasteiger partial charge < -0.3 is 4.74 Å². The van der Waals surface area contributed by atoms with Gasteiger partial charge in [-0.3, -0.25) is 4.79 Å². The van der Waals surface area contributed by atoms with Gasteiger partial charge in [0.25, 0.3) is 0 Å². The normalized spacial score (nSPS) is 37.9. The van der Waals surface area contributed by atoms with Crippen molar-refractivity contribution < 1.29 is 9.53 Å². The zero-order chi connectivity index (χ0) is 14.9. The fourth-order valence-corrected chi connectivity index (χ4v) is 3.36. The van der Waals surface area contributed by atoms with E-state index >= 15 is 0 Å². The maximum Gasteiger partial charge on any atom is 0.308 e. The van der Waals surface area contributed by atoms with Crippen LogP contribution in [0.3, 0.4) is 0 Å². The van der Waals surface area contributed by atoms with Crippen LogP contribution in [-0.2, 0) is 9.53 Å². The summed E-state index contributed by atoms with van der Waals surface area (Å²) in [4.78, 5) is 12.2. The van der Waals surface area contributed by atoms with Gasteiger partial charge in [0.2, 0.25) is 0 Å². The van der Waals surface area contributed by atoms with Crippen LogP contribution in [0.25, 0.3) is 0 Å². The Kier molecular flexibility index (Phi) is 4.72. The van der Waals surface area contributed by atoms with Crippen LogP contribution in [0.15, 0.2) is 23.8 Å². The minimum absolute atomic E-state index is 0.00604. The SMILES string of the molecule is CC[C@H](C)C(=O)O[C@H]1C[C@H](C)C=C2C=C[C@@H](C)C(C)C21. The molecule has 0 aromatic carbocycles. The van der Waals surface area contributed by atoms with Crippen molar-refractivity contribution >= 4 is 5.97 Å². The lowest BCUT2D eigenvalue weighted by Gasteiger charge is -2.41. The van der Waals surface area contributed by atoms with Crippen LogP contribution >= 0.6 is 0 Å². The largest absolute Gasteiger partial charge is 0.461 e. The zero-order valence-electron chi connectivity index (χ0n) is 13.4. The van der Waals surface area contributed by atoms with E-state index in [1.54, 1.807) is 0 Å². The first kappa shape index (κ1) is 15.3. The molecule has 0 aromatic rings. The molecule has 2 nitrogen and oxygen atoms in total. The average Bonchev–Trinajstić information content (AvgIpc) is 2.41. The Hall–Kier alpha value is -1.05. The lowest BCUT2D eigenvalue weighted by Crippen LogP contribution is -2.40. The first-order valence-corrected chi connectivity index (χ1v) is 8.04. The maximum atomic E-state index is 12.2. The van der Waals surface area contributed by atoms with E-state index in [9.17, 15) is 4.79 Å². The number of carbonyl (C=O) groups is 1. The molecule has 0 amide bonds. The van der Waals surface area contributed by atoms with Crippen LogP contribution in [0, 0.1) is 29.6 Å². The minimum atomic E-state index is -0.0274. The van der Waals surface area contributed by atoms with Crippen molar-refractivity contribution in [3.05, 3.63) is 23.8 Å². The molecule has 0 aliphatic heterocycles. The second-order valence-electron chi connectivity index (χ2n) is 6.77. The molecule has 0 bridgehead atoms. The van der Waals surface area contributed by atoms with Gasteiger partial charge in [-0.15, -0.1) is 0 Å². The molecule has 112 valence electrons. The Balaban J connectivity index is 2.19. The van der Waals surface area contributed by atoms with Gasteiger partial charge in [0.15, 0.2) is 0 Å². The number of esters is 1. The Morgan fingerprint density at radius 3 is 2.75 bits per heavy atom. The van der Waals surface area contributed by atoms with Crippen molar-refractivity contribution in [1.82, 2.24) is 0 Å². The zero-order valence-corrected chi connectivity index (χ0v) is 13.4.